The summed E-state index contributed by atoms with van der Waals surface area (Å²) in [5.74, 6) is 0.0634. The second kappa shape index (κ2) is 7.94. The average Bonchev–Trinajstić information content (AvgIpc) is 3.04. The number of hydrogen-bond acceptors (Lipinski definition) is 5. The van der Waals surface area contributed by atoms with E-state index in [1.54, 1.807) is 25.3 Å². The Morgan fingerprint density at radius 1 is 1.31 bits per heavy atom. The van der Waals surface area contributed by atoms with Crippen molar-refractivity contribution in [3.63, 3.8) is 0 Å². The summed E-state index contributed by atoms with van der Waals surface area (Å²) >= 11 is 7.19. The van der Waals surface area contributed by atoms with Gasteiger partial charge in [-0.3, -0.25) is 9.52 Å². The molecule has 1 saturated heterocycles. The van der Waals surface area contributed by atoms with Crippen molar-refractivity contribution in [2.24, 2.45) is 0 Å². The number of piperidine rings is 1. The molecule has 3 rings (SSSR count). The molecule has 0 radical (unpaired) electrons. The predicted molar refractivity (Wildman–Crippen MR) is 103 cm³/mol. The summed E-state index contributed by atoms with van der Waals surface area (Å²) in [6, 6.07) is 4.73. The van der Waals surface area contributed by atoms with Gasteiger partial charge in [0.25, 0.3) is 10.0 Å². The Balaban J connectivity index is 1.69. The van der Waals surface area contributed by atoms with Gasteiger partial charge < -0.3 is 4.90 Å². The monoisotopic (exact) mass is 413 g/mol. The molecule has 2 aromatic rings. The predicted octanol–water partition coefficient (Wildman–Crippen LogP) is 3.46. The molecule has 140 valence electrons. The van der Waals surface area contributed by atoms with E-state index >= 15 is 0 Å². The summed E-state index contributed by atoms with van der Waals surface area (Å²) in [5.41, 5.74) is 0.485. The van der Waals surface area contributed by atoms with Crippen LogP contribution in [-0.4, -0.2) is 37.3 Å². The van der Waals surface area contributed by atoms with E-state index in [9.17, 15) is 13.2 Å². The molecule has 0 unspecified atom stereocenters. The molecule has 2 heterocycles. The molecule has 0 bridgehead atoms. The third-order valence-corrected chi connectivity index (χ3v) is 7.25. The lowest BCUT2D eigenvalue weighted by Crippen LogP contribution is -2.36. The number of anilines is 1. The minimum atomic E-state index is -3.78. The van der Waals surface area contributed by atoms with Crippen LogP contribution < -0.4 is 4.72 Å². The number of sulfonamides is 1. The number of carbonyl (C=O) groups is 1. The van der Waals surface area contributed by atoms with Gasteiger partial charge in [0.15, 0.2) is 5.13 Å². The molecule has 1 aliphatic rings. The van der Waals surface area contributed by atoms with Crippen LogP contribution in [0.15, 0.2) is 29.3 Å². The van der Waals surface area contributed by atoms with E-state index in [2.05, 4.69) is 9.71 Å². The maximum Gasteiger partial charge on any atom is 0.263 e. The number of carbonyl (C=O) groups excluding carboxylic acids is 1. The van der Waals surface area contributed by atoms with E-state index in [0.717, 1.165) is 30.8 Å². The Bertz CT molecular complexity index is 906. The maximum atomic E-state index is 12.6. The van der Waals surface area contributed by atoms with Crippen LogP contribution in [-0.2, 0) is 21.2 Å². The van der Waals surface area contributed by atoms with Crippen molar-refractivity contribution in [1.29, 1.82) is 0 Å². The first-order valence-corrected chi connectivity index (χ1v) is 11.0. The van der Waals surface area contributed by atoms with Gasteiger partial charge in [-0.25, -0.2) is 13.4 Å². The SMILES string of the molecule is Cc1c(Cl)cccc1S(=O)(=O)Nc1ncc(CC(=O)N2CCCCC2)s1. The largest absolute Gasteiger partial charge is 0.342 e. The fourth-order valence-corrected chi connectivity index (χ4v) is 5.43. The Labute approximate surface area is 162 Å². The van der Waals surface area contributed by atoms with E-state index in [1.807, 2.05) is 4.90 Å². The lowest BCUT2D eigenvalue weighted by molar-refractivity contribution is -0.131. The number of hydrogen-bond donors (Lipinski definition) is 1. The number of thiazole rings is 1. The van der Waals surface area contributed by atoms with Crippen LogP contribution in [0.2, 0.25) is 5.02 Å². The number of halogens is 1. The van der Waals surface area contributed by atoms with Crippen molar-refractivity contribution < 1.29 is 13.2 Å². The first-order chi connectivity index (χ1) is 12.4. The number of amides is 1. The molecular weight excluding hydrogens is 394 g/mol. The van der Waals surface area contributed by atoms with Crippen LogP contribution in [0.25, 0.3) is 0 Å². The highest BCUT2D eigenvalue weighted by Gasteiger charge is 2.21. The zero-order chi connectivity index (χ0) is 18.7. The molecule has 1 N–H and O–H groups in total. The van der Waals surface area contributed by atoms with Crippen LogP contribution in [0.5, 0.6) is 0 Å². The number of benzene rings is 1. The molecule has 9 heteroatoms. The van der Waals surface area contributed by atoms with Crippen molar-refractivity contribution in [1.82, 2.24) is 9.88 Å². The Morgan fingerprint density at radius 2 is 2.04 bits per heavy atom. The van der Waals surface area contributed by atoms with E-state index in [4.69, 9.17) is 11.6 Å². The quantitative estimate of drug-likeness (QED) is 0.813. The van der Waals surface area contributed by atoms with Gasteiger partial charge in [-0.1, -0.05) is 17.7 Å². The molecule has 0 atom stereocenters. The third-order valence-electron chi connectivity index (χ3n) is 4.32. The summed E-state index contributed by atoms with van der Waals surface area (Å²) in [4.78, 5) is 19.1. The molecule has 1 aromatic heterocycles. The lowest BCUT2D eigenvalue weighted by Gasteiger charge is -2.26. The molecule has 1 amide bonds. The van der Waals surface area contributed by atoms with Gasteiger partial charge in [-0.15, -0.1) is 11.3 Å². The third kappa shape index (κ3) is 4.36. The van der Waals surface area contributed by atoms with Crippen LogP contribution in [0, 0.1) is 6.92 Å². The summed E-state index contributed by atoms with van der Waals surface area (Å²) in [7, 11) is -3.78. The first-order valence-electron chi connectivity index (χ1n) is 8.37. The molecule has 26 heavy (non-hydrogen) atoms. The van der Waals surface area contributed by atoms with Crippen molar-refractivity contribution >= 4 is 44.0 Å². The molecule has 1 aliphatic heterocycles. The highest BCUT2D eigenvalue weighted by molar-refractivity contribution is 7.93. The zero-order valence-electron chi connectivity index (χ0n) is 14.4. The van der Waals surface area contributed by atoms with Crippen LogP contribution in [0.3, 0.4) is 0 Å². The summed E-state index contributed by atoms with van der Waals surface area (Å²) in [6.45, 7) is 3.25. The zero-order valence-corrected chi connectivity index (χ0v) is 16.8. The molecule has 1 aromatic carbocycles. The number of likely N-dealkylation sites (tertiary alicyclic amines) is 1. The van der Waals surface area contributed by atoms with Crippen molar-refractivity contribution in [2.75, 3.05) is 17.8 Å². The minimum absolute atomic E-state index is 0.0634. The van der Waals surface area contributed by atoms with E-state index in [0.29, 0.717) is 10.6 Å². The summed E-state index contributed by atoms with van der Waals surface area (Å²) < 4.78 is 27.6. The fraction of sp³-hybridized carbons (Fsp3) is 0.412. The Hall–Kier alpha value is -1.64. The van der Waals surface area contributed by atoms with Crippen LogP contribution in [0.4, 0.5) is 5.13 Å². The average molecular weight is 414 g/mol. The smallest absolute Gasteiger partial charge is 0.263 e. The van der Waals surface area contributed by atoms with Gasteiger partial charge in [-0.2, -0.15) is 0 Å². The maximum absolute atomic E-state index is 12.6. The number of nitrogens with one attached hydrogen (secondary N) is 1. The van der Waals surface area contributed by atoms with Crippen molar-refractivity contribution in [3.05, 3.63) is 39.9 Å². The van der Waals surface area contributed by atoms with Crippen LogP contribution in [0.1, 0.15) is 29.7 Å². The summed E-state index contributed by atoms with van der Waals surface area (Å²) in [5, 5.41) is 0.630. The molecule has 0 spiro atoms. The van der Waals surface area contributed by atoms with Crippen LogP contribution >= 0.6 is 22.9 Å². The second-order valence-electron chi connectivity index (χ2n) is 6.22. The molecule has 6 nitrogen and oxygen atoms in total. The molecule has 0 saturated carbocycles. The number of rotatable bonds is 5. The minimum Gasteiger partial charge on any atom is -0.342 e. The Morgan fingerprint density at radius 3 is 2.77 bits per heavy atom. The molecule has 1 fully saturated rings. The lowest BCUT2D eigenvalue weighted by atomic mass is 10.1. The normalized spacial score (nSPS) is 15.1. The fourth-order valence-electron chi connectivity index (χ4n) is 2.89. The van der Waals surface area contributed by atoms with Crippen molar-refractivity contribution in [3.8, 4) is 0 Å². The second-order valence-corrected chi connectivity index (χ2v) is 9.39. The van der Waals surface area contributed by atoms with Gasteiger partial charge in [0.05, 0.1) is 11.3 Å². The van der Waals surface area contributed by atoms with Gasteiger partial charge in [0.1, 0.15) is 0 Å². The van der Waals surface area contributed by atoms with Crippen molar-refractivity contribution in [2.45, 2.75) is 37.5 Å². The van der Waals surface area contributed by atoms with Gasteiger partial charge in [-0.05, 0) is 43.9 Å². The number of aromatic nitrogens is 1. The van der Waals surface area contributed by atoms with E-state index < -0.39 is 10.0 Å². The molecular formula is C17H20ClN3O3S2. The molecule has 0 aliphatic carbocycles. The van der Waals surface area contributed by atoms with Gasteiger partial charge in [0, 0.05) is 29.2 Å². The number of nitrogens with zero attached hydrogens (tertiary/aromatic N) is 2. The van der Waals surface area contributed by atoms with Gasteiger partial charge in [0.2, 0.25) is 5.91 Å². The summed E-state index contributed by atoms with van der Waals surface area (Å²) in [6.07, 6.45) is 5.04. The van der Waals surface area contributed by atoms with E-state index in [-0.39, 0.29) is 22.4 Å². The topological polar surface area (TPSA) is 79.4 Å². The van der Waals surface area contributed by atoms with E-state index in [1.165, 1.54) is 23.8 Å². The highest BCUT2D eigenvalue weighted by Crippen LogP contribution is 2.27. The highest BCUT2D eigenvalue weighted by atomic mass is 35.5. The standard InChI is InChI=1S/C17H20ClN3O3S2/c1-12-14(18)6-5-7-15(12)26(23,24)20-17-19-11-13(25-17)10-16(22)21-8-3-2-4-9-21/h5-7,11H,2-4,8-10H2,1H3,(H,19,20). The Kier molecular flexibility index (Phi) is 5.84. The van der Waals surface area contributed by atoms with Gasteiger partial charge >= 0.3 is 0 Å². The first kappa shape index (κ1) is 19.1.